The highest BCUT2D eigenvalue weighted by Crippen LogP contribution is 2.69. The van der Waals surface area contributed by atoms with Gasteiger partial charge in [0.25, 0.3) is 0 Å². The zero-order valence-electron chi connectivity index (χ0n) is 20.6. The van der Waals surface area contributed by atoms with Crippen LogP contribution < -0.4 is 5.32 Å². The highest BCUT2D eigenvalue weighted by atomic mass is 19.1. The number of aromatic nitrogens is 5. The largest absolute Gasteiger partial charge is 0.295 e. The molecule has 2 atom stereocenters. The quantitative estimate of drug-likeness (QED) is 0.403. The minimum absolute atomic E-state index is 0.150. The standard InChI is InChI=1S/C28H24F2N6O/c1-15(37)33-26-31-13-16(14-32-26)21-8-5-9-23(34-21)28-11-10-18(27(28,2)3)17-12-22(35-36-25(17)28)24-19(29)6-4-7-20(24)30/h4-9,12-14,18H,10-11H2,1-3H3,(H,31,32,33,37)/t18-,28+/m0/s1. The first-order valence-corrected chi connectivity index (χ1v) is 12.1. The molecule has 2 bridgehead atoms. The molecule has 9 heteroatoms. The molecular weight excluding hydrogens is 474 g/mol. The van der Waals surface area contributed by atoms with Gasteiger partial charge in [-0.15, -0.1) is 5.10 Å². The van der Waals surface area contributed by atoms with Crippen molar-refractivity contribution in [2.45, 2.75) is 44.9 Å². The van der Waals surface area contributed by atoms with Crippen LogP contribution >= 0.6 is 0 Å². The van der Waals surface area contributed by atoms with Gasteiger partial charge in [0.2, 0.25) is 11.9 Å². The van der Waals surface area contributed by atoms with Crippen LogP contribution in [0, 0.1) is 17.0 Å². The smallest absolute Gasteiger partial charge is 0.229 e. The Kier molecular flexibility index (Phi) is 5.15. The maximum absolute atomic E-state index is 14.5. The van der Waals surface area contributed by atoms with E-state index in [1.54, 1.807) is 18.5 Å². The monoisotopic (exact) mass is 498 g/mol. The number of carbonyl (C=O) groups is 1. The van der Waals surface area contributed by atoms with E-state index in [-0.39, 0.29) is 34.4 Å². The van der Waals surface area contributed by atoms with E-state index in [4.69, 9.17) is 4.98 Å². The summed E-state index contributed by atoms with van der Waals surface area (Å²) in [5.74, 6) is -1.18. The molecule has 0 spiro atoms. The Morgan fingerprint density at radius 1 is 1.00 bits per heavy atom. The maximum atomic E-state index is 14.5. The first-order valence-electron chi connectivity index (χ1n) is 12.1. The molecule has 1 saturated carbocycles. The molecule has 2 aliphatic rings. The van der Waals surface area contributed by atoms with Crippen LogP contribution in [-0.2, 0) is 10.2 Å². The Morgan fingerprint density at radius 2 is 1.70 bits per heavy atom. The molecular formula is C28H24F2N6O. The number of carbonyl (C=O) groups excluding carboxylic acids is 1. The average Bonchev–Trinajstić information content (AvgIpc) is 3.25. The molecule has 1 aromatic carbocycles. The first-order chi connectivity index (χ1) is 17.7. The van der Waals surface area contributed by atoms with Crippen LogP contribution in [0.25, 0.3) is 22.5 Å². The molecule has 7 nitrogen and oxygen atoms in total. The lowest BCUT2D eigenvalue weighted by molar-refractivity contribution is -0.114. The molecule has 37 heavy (non-hydrogen) atoms. The van der Waals surface area contributed by atoms with E-state index in [1.165, 1.54) is 25.1 Å². The molecule has 4 aromatic rings. The van der Waals surface area contributed by atoms with Gasteiger partial charge in [0.15, 0.2) is 0 Å². The number of anilines is 1. The van der Waals surface area contributed by atoms with Crippen molar-refractivity contribution in [3.8, 4) is 22.5 Å². The van der Waals surface area contributed by atoms with Crippen LogP contribution in [0.3, 0.4) is 0 Å². The van der Waals surface area contributed by atoms with Crippen LogP contribution in [0.4, 0.5) is 14.7 Å². The topological polar surface area (TPSA) is 93.6 Å². The number of nitrogens with one attached hydrogen (secondary N) is 1. The average molecular weight is 499 g/mol. The van der Waals surface area contributed by atoms with Crippen molar-refractivity contribution in [2.75, 3.05) is 5.32 Å². The minimum Gasteiger partial charge on any atom is -0.295 e. The summed E-state index contributed by atoms with van der Waals surface area (Å²) in [4.78, 5) is 24.7. The molecule has 0 radical (unpaired) electrons. The van der Waals surface area contributed by atoms with E-state index in [9.17, 15) is 13.6 Å². The second kappa shape index (κ2) is 8.19. The number of pyridine rings is 1. The number of rotatable bonds is 4. The van der Waals surface area contributed by atoms with E-state index < -0.39 is 17.0 Å². The Labute approximate surface area is 212 Å². The predicted molar refractivity (Wildman–Crippen MR) is 133 cm³/mol. The van der Waals surface area contributed by atoms with Gasteiger partial charge in [0.05, 0.1) is 33.8 Å². The van der Waals surface area contributed by atoms with Crippen LogP contribution in [0.2, 0.25) is 0 Å². The highest BCUT2D eigenvalue weighted by molar-refractivity contribution is 5.86. The third-order valence-electron chi connectivity index (χ3n) is 8.02. The van der Waals surface area contributed by atoms with Gasteiger partial charge in [-0.3, -0.25) is 15.1 Å². The molecule has 0 saturated heterocycles. The fourth-order valence-electron chi connectivity index (χ4n) is 6.27. The number of hydrogen-bond donors (Lipinski definition) is 1. The van der Waals surface area contributed by atoms with Gasteiger partial charge in [-0.1, -0.05) is 26.0 Å². The lowest BCUT2D eigenvalue weighted by Crippen LogP contribution is -2.37. The number of fused-ring (bicyclic) bond motifs is 5. The van der Waals surface area contributed by atoms with Crippen molar-refractivity contribution in [1.82, 2.24) is 25.1 Å². The van der Waals surface area contributed by atoms with Crippen LogP contribution in [0.5, 0.6) is 0 Å². The number of nitrogens with zero attached hydrogens (tertiary/aromatic N) is 5. The number of hydrogen-bond acceptors (Lipinski definition) is 6. The Balaban J connectivity index is 1.45. The maximum Gasteiger partial charge on any atom is 0.229 e. The van der Waals surface area contributed by atoms with Crippen molar-refractivity contribution < 1.29 is 13.6 Å². The lowest BCUT2D eigenvalue weighted by Gasteiger charge is -2.37. The molecule has 186 valence electrons. The summed E-state index contributed by atoms with van der Waals surface area (Å²) in [6.45, 7) is 5.81. The second-order valence-corrected chi connectivity index (χ2v) is 10.2. The summed E-state index contributed by atoms with van der Waals surface area (Å²) < 4.78 is 29.0. The third kappa shape index (κ3) is 3.37. The van der Waals surface area contributed by atoms with Gasteiger partial charge in [-0.05, 0) is 60.1 Å². The third-order valence-corrected chi connectivity index (χ3v) is 8.02. The second-order valence-electron chi connectivity index (χ2n) is 10.2. The van der Waals surface area contributed by atoms with Gasteiger partial charge in [-0.2, -0.15) is 5.10 Å². The van der Waals surface area contributed by atoms with E-state index in [0.29, 0.717) is 5.69 Å². The van der Waals surface area contributed by atoms with Gasteiger partial charge < -0.3 is 0 Å². The fraction of sp³-hybridized carbons (Fsp3) is 0.286. The first kappa shape index (κ1) is 23.3. The summed E-state index contributed by atoms with van der Waals surface area (Å²) in [6.07, 6.45) is 5.00. The molecule has 3 heterocycles. The Morgan fingerprint density at radius 3 is 2.41 bits per heavy atom. The number of amides is 1. The van der Waals surface area contributed by atoms with Gasteiger partial charge in [0.1, 0.15) is 11.6 Å². The fourth-order valence-corrected chi connectivity index (χ4v) is 6.27. The van der Waals surface area contributed by atoms with Crippen LogP contribution in [-0.4, -0.2) is 31.1 Å². The van der Waals surface area contributed by atoms with Gasteiger partial charge >= 0.3 is 0 Å². The highest BCUT2D eigenvalue weighted by Gasteiger charge is 2.65. The van der Waals surface area contributed by atoms with Crippen molar-refractivity contribution in [3.63, 3.8) is 0 Å². The lowest BCUT2D eigenvalue weighted by atomic mass is 9.66. The molecule has 2 aliphatic carbocycles. The van der Waals surface area contributed by atoms with E-state index in [0.717, 1.165) is 35.4 Å². The van der Waals surface area contributed by atoms with Crippen LogP contribution in [0.15, 0.2) is 54.9 Å². The summed E-state index contributed by atoms with van der Waals surface area (Å²) >= 11 is 0. The zero-order chi connectivity index (χ0) is 25.9. The normalized spacial score (nSPS) is 21.1. The van der Waals surface area contributed by atoms with Crippen molar-refractivity contribution in [1.29, 1.82) is 0 Å². The van der Waals surface area contributed by atoms with Gasteiger partial charge in [0, 0.05) is 24.9 Å². The molecule has 3 aromatic heterocycles. The van der Waals surface area contributed by atoms with Crippen molar-refractivity contribution in [3.05, 3.63) is 83.4 Å². The van der Waals surface area contributed by atoms with Gasteiger partial charge in [-0.25, -0.2) is 18.7 Å². The number of halogens is 2. The summed E-state index contributed by atoms with van der Waals surface area (Å²) in [5, 5.41) is 11.5. The summed E-state index contributed by atoms with van der Waals surface area (Å²) in [5.41, 5.74) is 3.37. The van der Waals surface area contributed by atoms with E-state index in [1.807, 2.05) is 18.2 Å². The Hall–Kier alpha value is -4.14. The van der Waals surface area contributed by atoms with Crippen LogP contribution in [0.1, 0.15) is 56.5 Å². The molecule has 0 unspecified atom stereocenters. The molecule has 1 amide bonds. The number of benzene rings is 1. The molecule has 1 N–H and O–H groups in total. The van der Waals surface area contributed by atoms with E-state index >= 15 is 0 Å². The molecule has 0 aliphatic heterocycles. The van der Waals surface area contributed by atoms with Crippen molar-refractivity contribution in [2.24, 2.45) is 5.41 Å². The minimum atomic E-state index is -0.660. The zero-order valence-corrected chi connectivity index (χ0v) is 20.6. The Bertz CT molecular complexity index is 1530. The van der Waals surface area contributed by atoms with Crippen molar-refractivity contribution >= 4 is 11.9 Å². The molecule has 1 fully saturated rings. The predicted octanol–water partition coefficient (Wildman–Crippen LogP) is 5.44. The SMILES string of the molecule is CC(=O)Nc1ncc(-c2cccc([C@]34CC[C@@H](c5cc(-c6c(F)cccc6F)nnc53)C4(C)C)n2)cn1. The van der Waals surface area contributed by atoms with E-state index in [2.05, 4.69) is 39.3 Å². The summed E-state index contributed by atoms with van der Waals surface area (Å²) in [6, 6.07) is 11.4. The summed E-state index contributed by atoms with van der Waals surface area (Å²) in [7, 11) is 0. The molecule has 6 rings (SSSR count).